The highest BCUT2D eigenvalue weighted by molar-refractivity contribution is 5.48. The molecule has 0 saturated carbocycles. The molecule has 8 heteroatoms. The van der Waals surface area contributed by atoms with E-state index in [0.717, 1.165) is 22.3 Å². The first-order valence-electron chi connectivity index (χ1n) is 14.3. The van der Waals surface area contributed by atoms with Crippen molar-refractivity contribution in [2.45, 2.75) is 25.7 Å². The molecule has 0 aliphatic rings. The number of aryl methyl sites for hydroxylation is 2. The molecule has 2 atom stereocenters. The van der Waals surface area contributed by atoms with Gasteiger partial charge in [0, 0.05) is 35.4 Å². The standard InChI is InChI=1S/C36H30N4O4/c1-23-21-39(35(43)37-33(23)41)29-17-13-27(14-18-29)31(25-9-5-3-6-10-25)32(26-11-7-4-8-12-26)28-15-19-30(20-16-28)40-22-24(2)34(42)38-36(40)44/h3-22,31-32H,1-2H3,(H,37,41,43)(H,38,42,44). The van der Waals surface area contributed by atoms with Gasteiger partial charge in [0.05, 0.1) is 11.4 Å². The number of aromatic nitrogens is 4. The first kappa shape index (κ1) is 28.4. The normalized spacial score (nSPS) is 12.5. The van der Waals surface area contributed by atoms with Crippen molar-refractivity contribution in [1.82, 2.24) is 19.1 Å². The maximum Gasteiger partial charge on any atom is 0.332 e. The van der Waals surface area contributed by atoms with Crippen molar-refractivity contribution in [3.63, 3.8) is 0 Å². The molecule has 4 aromatic carbocycles. The van der Waals surface area contributed by atoms with Crippen molar-refractivity contribution in [1.29, 1.82) is 0 Å². The van der Waals surface area contributed by atoms with Gasteiger partial charge < -0.3 is 0 Å². The number of aromatic amines is 2. The molecule has 2 N–H and O–H groups in total. The molecule has 218 valence electrons. The van der Waals surface area contributed by atoms with Gasteiger partial charge in [0.15, 0.2) is 0 Å². The molecule has 0 amide bonds. The van der Waals surface area contributed by atoms with Gasteiger partial charge in [0.1, 0.15) is 0 Å². The van der Waals surface area contributed by atoms with Crippen LogP contribution in [0.15, 0.2) is 141 Å². The van der Waals surface area contributed by atoms with E-state index in [0.29, 0.717) is 22.5 Å². The van der Waals surface area contributed by atoms with E-state index >= 15 is 0 Å². The van der Waals surface area contributed by atoms with Crippen LogP contribution in [0.4, 0.5) is 0 Å². The zero-order chi connectivity index (χ0) is 30.8. The second-order valence-corrected chi connectivity index (χ2v) is 10.8. The van der Waals surface area contributed by atoms with Gasteiger partial charge in [-0.15, -0.1) is 0 Å². The summed E-state index contributed by atoms with van der Waals surface area (Å²) >= 11 is 0. The molecule has 2 unspecified atom stereocenters. The van der Waals surface area contributed by atoms with Crippen LogP contribution >= 0.6 is 0 Å². The fourth-order valence-electron chi connectivity index (χ4n) is 5.68. The van der Waals surface area contributed by atoms with E-state index in [1.165, 1.54) is 9.13 Å². The smallest absolute Gasteiger partial charge is 0.273 e. The van der Waals surface area contributed by atoms with Crippen molar-refractivity contribution in [3.05, 3.63) is 197 Å². The molecule has 8 nitrogen and oxygen atoms in total. The first-order chi connectivity index (χ1) is 21.3. The molecule has 0 spiro atoms. The summed E-state index contributed by atoms with van der Waals surface area (Å²) in [4.78, 5) is 53.7. The van der Waals surface area contributed by atoms with E-state index in [1.807, 2.05) is 84.9 Å². The number of nitrogens with one attached hydrogen (secondary N) is 2. The number of benzene rings is 4. The second-order valence-electron chi connectivity index (χ2n) is 10.8. The Morgan fingerprint density at radius 2 is 0.773 bits per heavy atom. The highest BCUT2D eigenvalue weighted by Gasteiger charge is 2.28. The predicted molar refractivity (Wildman–Crippen MR) is 171 cm³/mol. The lowest BCUT2D eigenvalue weighted by Gasteiger charge is -2.30. The lowest BCUT2D eigenvalue weighted by Crippen LogP contribution is -2.29. The van der Waals surface area contributed by atoms with E-state index in [4.69, 9.17) is 0 Å². The Morgan fingerprint density at radius 1 is 0.455 bits per heavy atom. The van der Waals surface area contributed by atoms with Gasteiger partial charge >= 0.3 is 11.4 Å². The summed E-state index contributed by atoms with van der Waals surface area (Å²) < 4.78 is 2.87. The fraction of sp³-hybridized carbons (Fsp3) is 0.111. The molecule has 0 aliphatic heterocycles. The third-order valence-electron chi connectivity index (χ3n) is 7.95. The van der Waals surface area contributed by atoms with Gasteiger partial charge in [-0.1, -0.05) is 84.9 Å². The van der Waals surface area contributed by atoms with Crippen LogP contribution in [0, 0.1) is 13.8 Å². The zero-order valence-corrected chi connectivity index (χ0v) is 24.2. The Balaban J connectivity index is 1.48. The monoisotopic (exact) mass is 582 g/mol. The molecule has 2 heterocycles. The molecule has 6 rings (SSSR count). The Bertz CT molecular complexity index is 2000. The van der Waals surface area contributed by atoms with Gasteiger partial charge in [-0.25, -0.2) is 9.59 Å². The van der Waals surface area contributed by atoms with Crippen LogP contribution in [0.5, 0.6) is 0 Å². The number of rotatable bonds is 7. The van der Waals surface area contributed by atoms with Gasteiger partial charge in [-0.3, -0.25) is 28.7 Å². The fourth-order valence-corrected chi connectivity index (χ4v) is 5.68. The SMILES string of the molecule is Cc1cn(-c2ccc(C(c3ccccc3)C(c3ccccc3)c3ccc(-n4cc(C)c(=O)[nH]c4=O)cc3)cc2)c(=O)[nH]c1=O. The zero-order valence-electron chi connectivity index (χ0n) is 24.2. The molecule has 0 fully saturated rings. The summed E-state index contributed by atoms with van der Waals surface area (Å²) in [7, 11) is 0. The molecule has 0 saturated heterocycles. The summed E-state index contributed by atoms with van der Waals surface area (Å²) in [6.45, 7) is 3.33. The average Bonchev–Trinajstić information content (AvgIpc) is 3.04. The van der Waals surface area contributed by atoms with E-state index in [1.54, 1.807) is 26.2 Å². The third kappa shape index (κ3) is 5.53. The summed E-state index contributed by atoms with van der Waals surface area (Å²) in [5.41, 5.74) is 4.71. The molecule has 6 aromatic rings. The van der Waals surface area contributed by atoms with Crippen LogP contribution < -0.4 is 22.5 Å². The minimum Gasteiger partial charge on any atom is -0.273 e. The quantitative estimate of drug-likeness (QED) is 0.278. The predicted octanol–water partition coefficient (Wildman–Crippen LogP) is 4.95. The topological polar surface area (TPSA) is 110 Å². The number of H-pyrrole nitrogens is 2. The summed E-state index contributed by atoms with van der Waals surface area (Å²) in [5.74, 6) is -0.212. The molecule has 2 aromatic heterocycles. The van der Waals surface area contributed by atoms with E-state index in [-0.39, 0.29) is 11.8 Å². The highest BCUT2D eigenvalue weighted by atomic mass is 16.2. The van der Waals surface area contributed by atoms with E-state index in [9.17, 15) is 19.2 Å². The van der Waals surface area contributed by atoms with E-state index in [2.05, 4.69) is 34.2 Å². The van der Waals surface area contributed by atoms with Crippen molar-refractivity contribution in [3.8, 4) is 11.4 Å². The Hall–Kier alpha value is -5.76. The van der Waals surface area contributed by atoms with Crippen LogP contribution in [0.2, 0.25) is 0 Å². The summed E-state index contributed by atoms with van der Waals surface area (Å²) in [5, 5.41) is 0. The minimum absolute atomic E-state index is 0.106. The molecule has 0 aliphatic carbocycles. The second kappa shape index (κ2) is 11.9. The first-order valence-corrected chi connectivity index (χ1v) is 14.3. The number of hydrogen-bond donors (Lipinski definition) is 2. The van der Waals surface area contributed by atoms with Crippen molar-refractivity contribution in [2.75, 3.05) is 0 Å². The summed E-state index contributed by atoms with van der Waals surface area (Å²) in [6.07, 6.45) is 3.10. The van der Waals surface area contributed by atoms with Crippen LogP contribution in [0.3, 0.4) is 0 Å². The minimum atomic E-state index is -0.494. The highest BCUT2D eigenvalue weighted by Crippen LogP contribution is 2.43. The summed E-state index contributed by atoms with van der Waals surface area (Å²) in [6, 6.07) is 36.2. The van der Waals surface area contributed by atoms with Crippen LogP contribution in [0.25, 0.3) is 11.4 Å². The van der Waals surface area contributed by atoms with Crippen molar-refractivity contribution >= 4 is 0 Å². The number of nitrogens with zero attached hydrogens (tertiary/aromatic N) is 2. The number of hydrogen-bond acceptors (Lipinski definition) is 4. The maximum absolute atomic E-state index is 12.6. The molecule has 0 bridgehead atoms. The lowest BCUT2D eigenvalue weighted by molar-refractivity contribution is 0.693. The van der Waals surface area contributed by atoms with Gasteiger partial charge in [0.2, 0.25) is 0 Å². The molecular formula is C36H30N4O4. The Kier molecular flexibility index (Phi) is 7.64. The maximum atomic E-state index is 12.6. The van der Waals surface area contributed by atoms with Crippen molar-refractivity contribution < 1.29 is 0 Å². The third-order valence-corrected chi connectivity index (χ3v) is 7.95. The van der Waals surface area contributed by atoms with Crippen molar-refractivity contribution in [2.24, 2.45) is 0 Å². The Morgan fingerprint density at radius 3 is 1.11 bits per heavy atom. The van der Waals surface area contributed by atoms with Gasteiger partial charge in [-0.05, 0) is 60.4 Å². The average molecular weight is 583 g/mol. The molecule has 44 heavy (non-hydrogen) atoms. The van der Waals surface area contributed by atoms with Crippen LogP contribution in [0.1, 0.15) is 45.2 Å². The van der Waals surface area contributed by atoms with Crippen LogP contribution in [-0.4, -0.2) is 19.1 Å². The largest absolute Gasteiger partial charge is 0.332 e. The van der Waals surface area contributed by atoms with E-state index < -0.39 is 22.5 Å². The van der Waals surface area contributed by atoms with Crippen LogP contribution in [-0.2, 0) is 0 Å². The van der Waals surface area contributed by atoms with Gasteiger partial charge in [-0.2, -0.15) is 0 Å². The molecule has 0 radical (unpaired) electrons. The molecular weight excluding hydrogens is 552 g/mol. The lowest BCUT2D eigenvalue weighted by atomic mass is 9.74. The van der Waals surface area contributed by atoms with Gasteiger partial charge in [0.25, 0.3) is 11.1 Å². The Labute approximate surface area is 252 Å².